The fraction of sp³-hybridized carbons (Fsp3) is 0.500. The van der Waals surface area contributed by atoms with Crippen LogP contribution in [-0.4, -0.2) is 26.1 Å². The van der Waals surface area contributed by atoms with Crippen LogP contribution in [0.15, 0.2) is 18.2 Å². The number of carbonyl (C=O) groups is 1. The molecule has 1 aliphatic rings. The van der Waals surface area contributed by atoms with Crippen LogP contribution < -0.4 is 15.4 Å². The molecule has 112 valence electrons. The number of ether oxygens (including phenoxy) is 1. The Bertz CT molecular complexity index is 449. The van der Waals surface area contributed by atoms with E-state index in [2.05, 4.69) is 10.6 Å². The van der Waals surface area contributed by atoms with Gasteiger partial charge in [0.2, 0.25) is 5.91 Å². The number of halogens is 2. The van der Waals surface area contributed by atoms with Crippen molar-refractivity contribution in [2.75, 3.05) is 20.2 Å². The van der Waals surface area contributed by atoms with Gasteiger partial charge in [-0.05, 0) is 44.1 Å². The summed E-state index contributed by atoms with van der Waals surface area (Å²) in [5.74, 6) is 0.977. The topological polar surface area (TPSA) is 50.4 Å². The Morgan fingerprint density at radius 1 is 1.45 bits per heavy atom. The fourth-order valence-corrected chi connectivity index (χ4v) is 2.49. The molecule has 1 aromatic rings. The van der Waals surface area contributed by atoms with Crippen LogP contribution in [0, 0.1) is 5.92 Å². The van der Waals surface area contributed by atoms with E-state index in [-0.39, 0.29) is 24.2 Å². The standard InChI is InChI=1S/C14H19ClN2O2.ClH/c1-19-13-3-2-12(15)8-11(13)9-17-14(18)10-4-6-16-7-5-10;/h2-3,8,10,16H,4-7,9H2,1H3,(H,17,18);1H. The molecule has 1 heterocycles. The highest BCUT2D eigenvalue weighted by Crippen LogP contribution is 2.22. The molecule has 20 heavy (non-hydrogen) atoms. The van der Waals surface area contributed by atoms with Gasteiger partial charge in [0.15, 0.2) is 0 Å². The Morgan fingerprint density at radius 3 is 2.80 bits per heavy atom. The van der Waals surface area contributed by atoms with Gasteiger partial charge in [-0.3, -0.25) is 4.79 Å². The predicted octanol–water partition coefficient (Wildman–Crippen LogP) is 2.39. The molecule has 0 unspecified atom stereocenters. The highest BCUT2D eigenvalue weighted by molar-refractivity contribution is 6.30. The Morgan fingerprint density at radius 2 is 2.15 bits per heavy atom. The van der Waals surface area contributed by atoms with Crippen molar-refractivity contribution in [2.24, 2.45) is 5.92 Å². The summed E-state index contributed by atoms with van der Waals surface area (Å²) in [6.07, 6.45) is 1.80. The zero-order valence-corrected chi connectivity index (χ0v) is 13.0. The number of benzene rings is 1. The lowest BCUT2D eigenvalue weighted by molar-refractivity contribution is -0.125. The van der Waals surface area contributed by atoms with Gasteiger partial charge in [0.1, 0.15) is 5.75 Å². The molecule has 1 amide bonds. The lowest BCUT2D eigenvalue weighted by Gasteiger charge is -2.22. The molecular formula is C14H20Cl2N2O2. The summed E-state index contributed by atoms with van der Waals surface area (Å²) >= 11 is 5.96. The molecular weight excluding hydrogens is 299 g/mol. The molecule has 6 heteroatoms. The van der Waals surface area contributed by atoms with Crippen LogP contribution in [0.1, 0.15) is 18.4 Å². The van der Waals surface area contributed by atoms with Crippen molar-refractivity contribution >= 4 is 29.9 Å². The maximum absolute atomic E-state index is 12.0. The number of carbonyl (C=O) groups excluding carboxylic acids is 1. The maximum Gasteiger partial charge on any atom is 0.223 e. The molecule has 1 fully saturated rings. The van der Waals surface area contributed by atoms with Crippen LogP contribution in [0.5, 0.6) is 5.75 Å². The highest BCUT2D eigenvalue weighted by atomic mass is 35.5. The third kappa shape index (κ3) is 4.54. The van der Waals surface area contributed by atoms with E-state index in [1.807, 2.05) is 12.1 Å². The van der Waals surface area contributed by atoms with Crippen molar-refractivity contribution in [1.82, 2.24) is 10.6 Å². The molecule has 0 bridgehead atoms. The van der Waals surface area contributed by atoms with Crippen molar-refractivity contribution in [3.8, 4) is 5.75 Å². The second-order valence-electron chi connectivity index (χ2n) is 4.70. The number of nitrogens with one attached hydrogen (secondary N) is 2. The van der Waals surface area contributed by atoms with Gasteiger partial charge in [-0.1, -0.05) is 11.6 Å². The molecule has 1 saturated heterocycles. The Hall–Kier alpha value is -0.970. The van der Waals surface area contributed by atoms with E-state index in [0.717, 1.165) is 37.2 Å². The second-order valence-corrected chi connectivity index (χ2v) is 5.13. The van der Waals surface area contributed by atoms with E-state index in [9.17, 15) is 4.79 Å². The first-order chi connectivity index (χ1) is 9.20. The van der Waals surface area contributed by atoms with E-state index in [1.54, 1.807) is 13.2 Å². The number of hydrogen-bond donors (Lipinski definition) is 2. The van der Waals surface area contributed by atoms with Gasteiger partial charge in [0.25, 0.3) is 0 Å². The van der Waals surface area contributed by atoms with Crippen molar-refractivity contribution in [1.29, 1.82) is 0 Å². The lowest BCUT2D eigenvalue weighted by Crippen LogP contribution is -2.37. The molecule has 4 nitrogen and oxygen atoms in total. The van der Waals surface area contributed by atoms with E-state index < -0.39 is 0 Å². The van der Waals surface area contributed by atoms with Crippen LogP contribution >= 0.6 is 24.0 Å². The van der Waals surface area contributed by atoms with Gasteiger partial charge >= 0.3 is 0 Å². The molecule has 0 radical (unpaired) electrons. The molecule has 1 aromatic carbocycles. The third-order valence-electron chi connectivity index (χ3n) is 3.41. The Labute approximate surface area is 130 Å². The molecule has 2 N–H and O–H groups in total. The van der Waals surface area contributed by atoms with E-state index in [1.165, 1.54) is 0 Å². The monoisotopic (exact) mass is 318 g/mol. The van der Waals surface area contributed by atoms with Crippen LogP contribution in [0.25, 0.3) is 0 Å². The first-order valence-corrected chi connectivity index (χ1v) is 6.89. The van der Waals surface area contributed by atoms with Gasteiger partial charge in [-0.25, -0.2) is 0 Å². The zero-order chi connectivity index (χ0) is 13.7. The summed E-state index contributed by atoms with van der Waals surface area (Å²) in [7, 11) is 1.61. The first-order valence-electron chi connectivity index (χ1n) is 6.51. The average molecular weight is 319 g/mol. The number of amides is 1. The van der Waals surface area contributed by atoms with Crippen LogP contribution in [0.2, 0.25) is 5.02 Å². The summed E-state index contributed by atoms with van der Waals surface area (Å²) in [6.45, 7) is 2.28. The van der Waals surface area contributed by atoms with E-state index in [0.29, 0.717) is 11.6 Å². The van der Waals surface area contributed by atoms with E-state index >= 15 is 0 Å². The normalized spacial score (nSPS) is 15.3. The Balaban J connectivity index is 0.00000200. The summed E-state index contributed by atoms with van der Waals surface area (Å²) in [5, 5.41) is 6.86. The van der Waals surface area contributed by atoms with E-state index in [4.69, 9.17) is 16.3 Å². The van der Waals surface area contributed by atoms with Gasteiger partial charge in [-0.2, -0.15) is 0 Å². The molecule has 0 spiro atoms. The quantitative estimate of drug-likeness (QED) is 0.896. The average Bonchev–Trinajstić information content (AvgIpc) is 2.46. The smallest absolute Gasteiger partial charge is 0.223 e. The molecule has 0 aliphatic carbocycles. The minimum absolute atomic E-state index is 0. The Kier molecular flexibility index (Phi) is 7.13. The minimum atomic E-state index is 0. The maximum atomic E-state index is 12.0. The van der Waals surface area contributed by atoms with Gasteiger partial charge in [-0.15, -0.1) is 12.4 Å². The molecule has 1 aliphatic heterocycles. The zero-order valence-electron chi connectivity index (χ0n) is 11.4. The summed E-state index contributed by atoms with van der Waals surface area (Å²) in [6, 6.07) is 5.41. The molecule has 2 rings (SSSR count). The number of methoxy groups -OCH3 is 1. The van der Waals surface area contributed by atoms with Crippen molar-refractivity contribution in [2.45, 2.75) is 19.4 Å². The van der Waals surface area contributed by atoms with Crippen LogP contribution in [0.4, 0.5) is 0 Å². The number of piperidine rings is 1. The van der Waals surface area contributed by atoms with Crippen molar-refractivity contribution in [3.63, 3.8) is 0 Å². The number of rotatable bonds is 4. The summed E-state index contributed by atoms with van der Waals surface area (Å²) < 4.78 is 5.26. The van der Waals surface area contributed by atoms with Gasteiger partial charge in [0.05, 0.1) is 7.11 Å². The fourth-order valence-electron chi connectivity index (χ4n) is 2.30. The van der Waals surface area contributed by atoms with Crippen LogP contribution in [0.3, 0.4) is 0 Å². The molecule has 0 aromatic heterocycles. The third-order valence-corrected chi connectivity index (χ3v) is 3.64. The second kappa shape index (κ2) is 8.35. The molecule has 0 atom stereocenters. The lowest BCUT2D eigenvalue weighted by atomic mass is 9.97. The van der Waals surface area contributed by atoms with Crippen molar-refractivity contribution in [3.05, 3.63) is 28.8 Å². The minimum Gasteiger partial charge on any atom is -0.496 e. The largest absolute Gasteiger partial charge is 0.496 e. The summed E-state index contributed by atoms with van der Waals surface area (Å²) in [4.78, 5) is 12.0. The van der Waals surface area contributed by atoms with Gasteiger partial charge in [0, 0.05) is 23.0 Å². The summed E-state index contributed by atoms with van der Waals surface area (Å²) in [5.41, 5.74) is 0.900. The van der Waals surface area contributed by atoms with Crippen LogP contribution in [-0.2, 0) is 11.3 Å². The van der Waals surface area contributed by atoms with Crippen molar-refractivity contribution < 1.29 is 9.53 Å². The highest BCUT2D eigenvalue weighted by Gasteiger charge is 2.20. The molecule has 0 saturated carbocycles. The first kappa shape index (κ1) is 17.1. The SMILES string of the molecule is COc1ccc(Cl)cc1CNC(=O)C1CCNCC1.Cl. The van der Waals surface area contributed by atoms with Gasteiger partial charge < -0.3 is 15.4 Å². The predicted molar refractivity (Wildman–Crippen MR) is 82.7 cm³/mol. The number of hydrogen-bond acceptors (Lipinski definition) is 3.